The number of aliphatic hydroxyl groups excluding tert-OH is 1. The van der Waals surface area contributed by atoms with Crippen LogP contribution in [0.2, 0.25) is 0 Å². The molecular weight excluding hydrogens is 127 g/mol. The van der Waals surface area contributed by atoms with Crippen molar-refractivity contribution in [3.63, 3.8) is 0 Å². The molecule has 3 nitrogen and oxygen atoms in total. The fraction of sp³-hybridized carbons (Fsp3) is 1.00. The Hall–Kier alpha value is -0.190. The SMILES string of the molecule is COC(F)COCCO. The largest absolute Gasteiger partial charge is 0.394 e. The Morgan fingerprint density at radius 3 is 2.78 bits per heavy atom. The maximum atomic E-state index is 12.0. The van der Waals surface area contributed by atoms with Gasteiger partial charge < -0.3 is 14.6 Å². The van der Waals surface area contributed by atoms with E-state index in [0.717, 1.165) is 0 Å². The van der Waals surface area contributed by atoms with Gasteiger partial charge in [-0.1, -0.05) is 0 Å². The number of alkyl halides is 1. The monoisotopic (exact) mass is 138 g/mol. The first-order valence-electron chi connectivity index (χ1n) is 2.66. The molecule has 0 amide bonds. The molecule has 1 unspecified atom stereocenters. The van der Waals surface area contributed by atoms with E-state index in [1.807, 2.05) is 0 Å². The Balaban J connectivity index is 2.88. The van der Waals surface area contributed by atoms with Gasteiger partial charge in [0.2, 0.25) is 6.36 Å². The molecule has 0 aromatic carbocycles. The van der Waals surface area contributed by atoms with Crippen molar-refractivity contribution in [2.24, 2.45) is 0 Å². The van der Waals surface area contributed by atoms with Crippen LogP contribution in [0, 0.1) is 0 Å². The highest BCUT2D eigenvalue weighted by Crippen LogP contribution is 1.90. The smallest absolute Gasteiger partial charge is 0.222 e. The minimum absolute atomic E-state index is 0.0869. The minimum Gasteiger partial charge on any atom is -0.394 e. The van der Waals surface area contributed by atoms with Gasteiger partial charge in [0.15, 0.2) is 0 Å². The van der Waals surface area contributed by atoms with Gasteiger partial charge in [0.05, 0.1) is 13.2 Å². The highest BCUT2D eigenvalue weighted by molar-refractivity contribution is 4.34. The lowest BCUT2D eigenvalue weighted by Crippen LogP contribution is -2.13. The van der Waals surface area contributed by atoms with Crippen LogP contribution >= 0.6 is 0 Å². The van der Waals surface area contributed by atoms with E-state index in [2.05, 4.69) is 9.47 Å². The van der Waals surface area contributed by atoms with Crippen LogP contribution in [-0.2, 0) is 9.47 Å². The maximum absolute atomic E-state index is 12.0. The summed E-state index contributed by atoms with van der Waals surface area (Å²) in [6, 6.07) is 0. The van der Waals surface area contributed by atoms with Gasteiger partial charge in [-0.2, -0.15) is 0 Å². The predicted octanol–water partition coefficient (Wildman–Crippen LogP) is -0.0627. The second kappa shape index (κ2) is 5.94. The first-order valence-corrected chi connectivity index (χ1v) is 2.66. The lowest BCUT2D eigenvalue weighted by Gasteiger charge is -2.04. The third-order valence-electron chi connectivity index (χ3n) is 0.740. The molecule has 0 saturated carbocycles. The number of hydrogen-bond acceptors (Lipinski definition) is 3. The molecule has 0 aromatic heterocycles. The molecule has 0 radical (unpaired) electrons. The second-order valence-electron chi connectivity index (χ2n) is 1.44. The molecule has 0 fully saturated rings. The topological polar surface area (TPSA) is 38.7 Å². The van der Waals surface area contributed by atoms with Crippen molar-refractivity contribution >= 4 is 0 Å². The number of hydrogen-bond donors (Lipinski definition) is 1. The first-order chi connectivity index (χ1) is 4.31. The Labute approximate surface area is 53.4 Å². The zero-order chi connectivity index (χ0) is 7.11. The van der Waals surface area contributed by atoms with E-state index in [1.54, 1.807) is 0 Å². The van der Waals surface area contributed by atoms with Gasteiger partial charge in [-0.3, -0.25) is 0 Å². The molecule has 0 aliphatic heterocycles. The van der Waals surface area contributed by atoms with E-state index >= 15 is 0 Å². The van der Waals surface area contributed by atoms with E-state index in [4.69, 9.17) is 5.11 Å². The van der Waals surface area contributed by atoms with Crippen molar-refractivity contribution in [2.75, 3.05) is 26.9 Å². The predicted molar refractivity (Wildman–Crippen MR) is 29.8 cm³/mol. The third kappa shape index (κ3) is 5.68. The van der Waals surface area contributed by atoms with Crippen LogP contribution in [-0.4, -0.2) is 38.4 Å². The normalized spacial score (nSPS) is 13.7. The Kier molecular flexibility index (Phi) is 5.81. The quantitative estimate of drug-likeness (QED) is 0.541. The molecule has 1 N–H and O–H groups in total. The molecule has 0 aromatic rings. The average Bonchev–Trinajstić information content (AvgIpc) is 1.89. The molecule has 0 saturated heterocycles. The zero-order valence-electron chi connectivity index (χ0n) is 5.34. The Bertz CT molecular complexity index is 60.2. The molecule has 0 aliphatic carbocycles. The van der Waals surface area contributed by atoms with Crippen LogP contribution in [0.25, 0.3) is 0 Å². The summed E-state index contributed by atoms with van der Waals surface area (Å²) < 4.78 is 20.8. The van der Waals surface area contributed by atoms with Crippen LogP contribution in [0.3, 0.4) is 0 Å². The van der Waals surface area contributed by atoms with Crippen molar-refractivity contribution in [1.82, 2.24) is 0 Å². The zero-order valence-corrected chi connectivity index (χ0v) is 5.34. The number of rotatable bonds is 5. The van der Waals surface area contributed by atoms with Crippen molar-refractivity contribution in [3.05, 3.63) is 0 Å². The fourth-order valence-corrected chi connectivity index (χ4v) is 0.309. The van der Waals surface area contributed by atoms with Gasteiger partial charge in [0.25, 0.3) is 0 Å². The molecule has 0 bridgehead atoms. The van der Waals surface area contributed by atoms with Gasteiger partial charge in [-0.05, 0) is 0 Å². The van der Waals surface area contributed by atoms with Crippen LogP contribution < -0.4 is 0 Å². The van der Waals surface area contributed by atoms with E-state index in [-0.39, 0.29) is 19.8 Å². The van der Waals surface area contributed by atoms with Crippen LogP contribution in [0.5, 0.6) is 0 Å². The molecule has 1 atom stereocenters. The van der Waals surface area contributed by atoms with Crippen LogP contribution in [0.1, 0.15) is 0 Å². The number of halogens is 1. The highest BCUT2D eigenvalue weighted by Gasteiger charge is 2.01. The summed E-state index contributed by atoms with van der Waals surface area (Å²) in [4.78, 5) is 0. The molecule has 0 spiro atoms. The van der Waals surface area contributed by atoms with Gasteiger partial charge in [-0.25, -0.2) is 4.39 Å². The lowest BCUT2D eigenvalue weighted by molar-refractivity contribution is -0.0702. The molecule has 0 aliphatic rings. The van der Waals surface area contributed by atoms with Gasteiger partial charge in [0, 0.05) is 7.11 Å². The van der Waals surface area contributed by atoms with E-state index in [0.29, 0.717) is 0 Å². The summed E-state index contributed by atoms with van der Waals surface area (Å²) >= 11 is 0. The molecule has 0 heterocycles. The summed E-state index contributed by atoms with van der Waals surface area (Å²) in [7, 11) is 1.26. The molecule has 9 heavy (non-hydrogen) atoms. The van der Waals surface area contributed by atoms with Gasteiger partial charge in [0.1, 0.15) is 6.61 Å². The van der Waals surface area contributed by atoms with Crippen LogP contribution in [0.15, 0.2) is 0 Å². The standard InChI is InChI=1S/C5H11FO3/c1-8-5(6)4-9-3-2-7/h5,7H,2-4H2,1H3. The van der Waals surface area contributed by atoms with E-state index in [1.165, 1.54) is 7.11 Å². The Morgan fingerprint density at radius 1 is 1.67 bits per heavy atom. The summed E-state index contributed by atoms with van der Waals surface area (Å²) in [6.45, 7) is -0.0444. The minimum atomic E-state index is -1.38. The lowest BCUT2D eigenvalue weighted by atomic mass is 10.7. The third-order valence-corrected chi connectivity index (χ3v) is 0.740. The van der Waals surface area contributed by atoms with Gasteiger partial charge >= 0.3 is 0 Å². The number of methoxy groups -OCH3 is 1. The highest BCUT2D eigenvalue weighted by atomic mass is 19.1. The van der Waals surface area contributed by atoms with Crippen molar-refractivity contribution in [3.8, 4) is 0 Å². The maximum Gasteiger partial charge on any atom is 0.222 e. The summed E-state index contributed by atoms with van der Waals surface area (Å²) in [5.74, 6) is 0. The second-order valence-corrected chi connectivity index (χ2v) is 1.44. The van der Waals surface area contributed by atoms with Crippen molar-refractivity contribution in [1.29, 1.82) is 0 Å². The molecular formula is C5H11FO3. The van der Waals surface area contributed by atoms with E-state index in [9.17, 15) is 4.39 Å². The fourth-order valence-electron chi connectivity index (χ4n) is 0.309. The molecule has 56 valence electrons. The summed E-state index contributed by atoms with van der Waals surface area (Å²) in [6.07, 6.45) is -1.38. The van der Waals surface area contributed by atoms with Crippen molar-refractivity contribution in [2.45, 2.75) is 6.36 Å². The van der Waals surface area contributed by atoms with E-state index < -0.39 is 6.36 Å². The first kappa shape index (κ1) is 8.81. The molecule has 4 heteroatoms. The Morgan fingerprint density at radius 2 is 2.33 bits per heavy atom. The van der Waals surface area contributed by atoms with Gasteiger partial charge in [-0.15, -0.1) is 0 Å². The molecule has 0 rings (SSSR count). The number of aliphatic hydroxyl groups is 1. The average molecular weight is 138 g/mol. The number of ether oxygens (including phenoxy) is 2. The van der Waals surface area contributed by atoms with Crippen LogP contribution in [0.4, 0.5) is 4.39 Å². The summed E-state index contributed by atoms with van der Waals surface area (Å²) in [5.41, 5.74) is 0. The summed E-state index contributed by atoms with van der Waals surface area (Å²) in [5, 5.41) is 8.16. The van der Waals surface area contributed by atoms with Crippen molar-refractivity contribution < 1.29 is 19.0 Å².